The first-order valence-electron chi connectivity index (χ1n) is 13.7. The van der Waals surface area contributed by atoms with Crippen LogP contribution in [0, 0.1) is 34.5 Å². The molecule has 3 fully saturated rings. The van der Waals surface area contributed by atoms with E-state index in [1.807, 2.05) is 13.8 Å². The van der Waals surface area contributed by atoms with Gasteiger partial charge in [-0.1, -0.05) is 39.3 Å². The number of hydrogen-bond donors (Lipinski definition) is 4. The third kappa shape index (κ3) is 3.01. The van der Waals surface area contributed by atoms with Gasteiger partial charge in [-0.25, -0.2) is 0 Å². The summed E-state index contributed by atoms with van der Waals surface area (Å²) >= 11 is 0. The Labute approximate surface area is 215 Å². The maximum absolute atomic E-state index is 12.3. The fraction of sp³-hybridized carbons (Fsp3) is 0.710. The molecular weight excluding hydrogens is 452 g/mol. The van der Waals surface area contributed by atoms with Crippen molar-refractivity contribution in [2.24, 2.45) is 27.6 Å². The molecule has 4 aliphatic carbocycles. The molecule has 8 atom stereocenters. The summed E-state index contributed by atoms with van der Waals surface area (Å²) < 4.78 is 0. The Hall–Kier alpha value is -2.01. The number of carboxylic acids is 1. The summed E-state index contributed by atoms with van der Waals surface area (Å²) in [5.41, 5.74) is 2.83. The number of rotatable bonds is 2. The fourth-order valence-electron chi connectivity index (χ4n) is 9.36. The number of carboxylic acid groups (broad SMARTS) is 1. The van der Waals surface area contributed by atoms with E-state index in [4.69, 9.17) is 0 Å². The standard InChI is InChI=1S/C31H44O5/c1-17-24-19(18(2)32)14-22-29(5,20(24)15-21(33)25(17)34)11-13-31(7)23-16-28(4,26(35)36)9-8-27(23,3)10-12-30(22,31)6/h14-15,18-19,23,32-34H,8-13,16H2,1-7H3,(H,35,36)/t18-,19-,23+,27+,28+,29-,30+,31-/m0/s1. The van der Waals surface area contributed by atoms with Gasteiger partial charge in [-0.2, -0.15) is 0 Å². The van der Waals surface area contributed by atoms with Crippen LogP contribution in [0.1, 0.15) is 109 Å². The van der Waals surface area contributed by atoms with E-state index in [0.717, 1.165) is 49.7 Å². The molecule has 5 nitrogen and oxygen atoms in total. The normalized spacial score (nSPS) is 44.4. The second-order valence-corrected chi connectivity index (χ2v) is 14.0. The Morgan fingerprint density at radius 1 is 1.00 bits per heavy atom. The lowest BCUT2D eigenvalue weighted by molar-refractivity contribution is -0.177. The zero-order valence-corrected chi connectivity index (χ0v) is 23.0. The Bertz CT molecular complexity index is 1170. The molecule has 0 amide bonds. The number of phenols is 2. The molecule has 0 unspecified atom stereocenters. The predicted octanol–water partition coefficient (Wildman–Crippen LogP) is 6.57. The summed E-state index contributed by atoms with van der Waals surface area (Å²) in [7, 11) is 0. The van der Waals surface area contributed by atoms with Gasteiger partial charge in [0.25, 0.3) is 0 Å². The summed E-state index contributed by atoms with van der Waals surface area (Å²) in [5.74, 6) is -0.845. The number of phenolic OH excluding ortho intramolecular Hbond substituents is 2. The van der Waals surface area contributed by atoms with Crippen molar-refractivity contribution in [2.45, 2.75) is 111 Å². The molecule has 36 heavy (non-hydrogen) atoms. The van der Waals surface area contributed by atoms with Crippen LogP contribution in [0.25, 0.3) is 0 Å². The van der Waals surface area contributed by atoms with Gasteiger partial charge in [0.2, 0.25) is 0 Å². The lowest BCUT2D eigenvalue weighted by atomic mass is 9.34. The van der Waals surface area contributed by atoms with Crippen LogP contribution in [0.15, 0.2) is 17.7 Å². The summed E-state index contributed by atoms with van der Waals surface area (Å²) in [6.45, 7) is 15.0. The molecule has 0 bridgehead atoms. The van der Waals surface area contributed by atoms with E-state index in [1.54, 1.807) is 13.0 Å². The average molecular weight is 497 g/mol. The van der Waals surface area contributed by atoms with Crippen LogP contribution in [0.4, 0.5) is 0 Å². The molecule has 0 spiro atoms. The Morgan fingerprint density at radius 3 is 2.25 bits per heavy atom. The van der Waals surface area contributed by atoms with E-state index in [1.165, 1.54) is 5.57 Å². The number of aliphatic carboxylic acids is 1. The largest absolute Gasteiger partial charge is 0.504 e. The highest BCUT2D eigenvalue weighted by molar-refractivity contribution is 5.74. The zero-order chi connectivity index (χ0) is 26.6. The first-order chi connectivity index (χ1) is 16.5. The van der Waals surface area contributed by atoms with Crippen molar-refractivity contribution in [3.8, 4) is 11.5 Å². The number of benzene rings is 1. The molecule has 0 aromatic heterocycles. The van der Waals surface area contributed by atoms with Crippen molar-refractivity contribution in [3.05, 3.63) is 34.4 Å². The molecule has 5 rings (SSSR count). The first-order valence-corrected chi connectivity index (χ1v) is 13.7. The number of hydrogen-bond acceptors (Lipinski definition) is 4. The zero-order valence-electron chi connectivity index (χ0n) is 23.0. The Balaban J connectivity index is 1.70. The van der Waals surface area contributed by atoms with Gasteiger partial charge in [-0.3, -0.25) is 4.79 Å². The lowest BCUT2D eigenvalue weighted by Crippen LogP contribution is -2.62. The minimum absolute atomic E-state index is 0.0722. The van der Waals surface area contributed by atoms with Gasteiger partial charge in [0.05, 0.1) is 11.5 Å². The Morgan fingerprint density at radius 2 is 1.64 bits per heavy atom. The van der Waals surface area contributed by atoms with Gasteiger partial charge in [-0.05, 0) is 111 Å². The molecule has 3 saturated carbocycles. The summed E-state index contributed by atoms with van der Waals surface area (Å²) in [4.78, 5) is 12.3. The van der Waals surface area contributed by atoms with E-state index >= 15 is 0 Å². The molecule has 5 heteroatoms. The highest BCUT2D eigenvalue weighted by atomic mass is 16.4. The number of carbonyl (C=O) groups is 1. The van der Waals surface area contributed by atoms with Gasteiger partial charge in [-0.15, -0.1) is 0 Å². The fourth-order valence-corrected chi connectivity index (χ4v) is 9.36. The van der Waals surface area contributed by atoms with E-state index in [0.29, 0.717) is 17.9 Å². The predicted molar refractivity (Wildman–Crippen MR) is 140 cm³/mol. The van der Waals surface area contributed by atoms with Crippen molar-refractivity contribution in [2.75, 3.05) is 0 Å². The molecule has 4 aliphatic rings. The molecule has 1 aromatic rings. The molecule has 0 heterocycles. The second-order valence-electron chi connectivity index (χ2n) is 14.0. The molecule has 198 valence electrons. The monoisotopic (exact) mass is 496 g/mol. The molecular formula is C31H44O5. The molecule has 0 aliphatic heterocycles. The summed E-state index contributed by atoms with van der Waals surface area (Å²) in [6, 6.07) is 1.74. The van der Waals surface area contributed by atoms with E-state index in [-0.39, 0.29) is 39.1 Å². The number of allylic oxidation sites excluding steroid dienone is 1. The third-order valence-corrected chi connectivity index (χ3v) is 12.2. The number of aliphatic hydroxyl groups excluding tert-OH is 1. The van der Waals surface area contributed by atoms with E-state index in [9.17, 15) is 25.2 Å². The smallest absolute Gasteiger partial charge is 0.309 e. The van der Waals surface area contributed by atoms with Crippen molar-refractivity contribution >= 4 is 5.97 Å². The van der Waals surface area contributed by atoms with E-state index in [2.05, 4.69) is 33.8 Å². The lowest BCUT2D eigenvalue weighted by Gasteiger charge is -2.70. The third-order valence-electron chi connectivity index (χ3n) is 12.2. The second kappa shape index (κ2) is 7.52. The minimum Gasteiger partial charge on any atom is -0.504 e. The minimum atomic E-state index is -0.692. The van der Waals surface area contributed by atoms with Gasteiger partial charge in [0.15, 0.2) is 11.5 Å². The Kier molecular flexibility index (Phi) is 5.36. The summed E-state index contributed by atoms with van der Waals surface area (Å²) in [6.07, 6.45) is 8.02. The van der Waals surface area contributed by atoms with Crippen LogP contribution in [0.2, 0.25) is 0 Å². The molecule has 1 aromatic carbocycles. The van der Waals surface area contributed by atoms with Crippen LogP contribution in [-0.4, -0.2) is 32.5 Å². The highest BCUT2D eigenvalue weighted by Crippen LogP contribution is 2.75. The molecule has 0 saturated heterocycles. The van der Waals surface area contributed by atoms with Gasteiger partial charge < -0.3 is 20.4 Å². The van der Waals surface area contributed by atoms with Crippen LogP contribution in [0.5, 0.6) is 11.5 Å². The van der Waals surface area contributed by atoms with Crippen LogP contribution >= 0.6 is 0 Å². The summed E-state index contributed by atoms with van der Waals surface area (Å²) in [5, 5.41) is 42.3. The average Bonchev–Trinajstić information content (AvgIpc) is 2.80. The van der Waals surface area contributed by atoms with Crippen molar-refractivity contribution in [1.82, 2.24) is 0 Å². The van der Waals surface area contributed by atoms with E-state index < -0.39 is 17.5 Å². The highest BCUT2D eigenvalue weighted by Gasteiger charge is 2.67. The topological polar surface area (TPSA) is 98.0 Å². The SMILES string of the molecule is Cc1c(O)c(O)cc2c1[C@H]([C@H](C)O)C=C1[C@@]2(C)CC[C@@]2(C)[C@@H]3C[C@](C)(C(=O)O)CC[C@]3(C)CC[C@]12C. The van der Waals surface area contributed by atoms with Crippen molar-refractivity contribution < 1.29 is 25.2 Å². The van der Waals surface area contributed by atoms with Gasteiger partial charge in [0.1, 0.15) is 0 Å². The molecule has 0 radical (unpaired) electrons. The number of fused-ring (bicyclic) bond motifs is 7. The van der Waals surface area contributed by atoms with Gasteiger partial charge >= 0.3 is 5.97 Å². The van der Waals surface area contributed by atoms with Crippen molar-refractivity contribution in [1.29, 1.82) is 0 Å². The number of aliphatic hydroxyl groups is 1. The first kappa shape index (κ1) is 25.6. The van der Waals surface area contributed by atoms with Crippen molar-refractivity contribution in [3.63, 3.8) is 0 Å². The maximum atomic E-state index is 12.3. The van der Waals surface area contributed by atoms with Gasteiger partial charge in [0, 0.05) is 11.3 Å². The maximum Gasteiger partial charge on any atom is 0.309 e. The number of aromatic hydroxyl groups is 2. The van der Waals surface area contributed by atoms with Crippen LogP contribution in [-0.2, 0) is 10.2 Å². The van der Waals surface area contributed by atoms with Crippen LogP contribution in [0.3, 0.4) is 0 Å². The molecule has 4 N–H and O–H groups in total. The van der Waals surface area contributed by atoms with Crippen LogP contribution < -0.4 is 0 Å². The quantitative estimate of drug-likeness (QED) is 0.274.